The van der Waals surface area contributed by atoms with Gasteiger partial charge in [-0.1, -0.05) is 30.3 Å². The molecule has 2 heterocycles. The Labute approximate surface area is 274 Å². The number of methoxy groups -OCH3 is 1. The van der Waals surface area contributed by atoms with E-state index in [4.69, 9.17) is 9.47 Å². The number of nitrogens with zero attached hydrogens (tertiary/aromatic N) is 4. The van der Waals surface area contributed by atoms with Crippen LogP contribution in [0.1, 0.15) is 34.0 Å². The smallest absolute Gasteiger partial charge is 0.271 e. The van der Waals surface area contributed by atoms with Crippen LogP contribution in [0, 0.1) is 0 Å². The van der Waals surface area contributed by atoms with Gasteiger partial charge in [-0.15, -0.1) is 0 Å². The third-order valence-electron chi connectivity index (χ3n) is 7.56. The van der Waals surface area contributed by atoms with E-state index in [0.717, 1.165) is 5.56 Å². The Morgan fingerprint density at radius 2 is 1.49 bits per heavy atom. The van der Waals surface area contributed by atoms with E-state index >= 15 is 0 Å². The summed E-state index contributed by atoms with van der Waals surface area (Å²) in [5.74, 6) is 0.0875. The molecule has 0 aliphatic carbocycles. The second-order valence-electron chi connectivity index (χ2n) is 10.7. The third kappa shape index (κ3) is 8.28. The number of benzene rings is 3. The van der Waals surface area contributed by atoms with Crippen molar-refractivity contribution in [3.63, 3.8) is 0 Å². The molecule has 0 atom stereocenters. The largest absolute Gasteiger partial charge is 0.497 e. The fraction of sp³-hybridized carbons (Fsp3) is 0.242. The molecule has 1 aromatic heterocycles. The Morgan fingerprint density at radius 1 is 0.872 bits per heavy atom. The van der Waals surface area contributed by atoms with Crippen molar-refractivity contribution in [2.45, 2.75) is 29.8 Å². The van der Waals surface area contributed by atoms with Gasteiger partial charge in [-0.25, -0.2) is 22.3 Å². The van der Waals surface area contributed by atoms with E-state index in [9.17, 15) is 21.6 Å². The summed E-state index contributed by atoms with van der Waals surface area (Å²) in [7, 11) is -6.00. The van der Waals surface area contributed by atoms with E-state index in [1.165, 1.54) is 40.0 Å². The molecule has 0 unspecified atom stereocenters. The Hall–Kier alpha value is -4.47. The third-order valence-corrected chi connectivity index (χ3v) is 11.3. The molecule has 1 aliphatic heterocycles. The number of pyridine rings is 1. The lowest BCUT2D eigenvalue weighted by Gasteiger charge is -2.26. The number of carbonyl (C=O) groups is 1. The number of nitrogens with one attached hydrogen (secondary N) is 1. The first kappa shape index (κ1) is 33.9. The van der Waals surface area contributed by atoms with Crippen LogP contribution in [0.25, 0.3) is 0 Å². The van der Waals surface area contributed by atoms with Gasteiger partial charge in [0.2, 0.25) is 20.0 Å². The highest BCUT2D eigenvalue weighted by Crippen LogP contribution is 2.24. The molecule has 47 heavy (non-hydrogen) atoms. The number of hydrazone groups is 1. The number of aromatic nitrogens is 1. The number of rotatable bonds is 12. The second-order valence-corrected chi connectivity index (χ2v) is 14.6. The van der Waals surface area contributed by atoms with Crippen molar-refractivity contribution in [1.29, 1.82) is 0 Å². The van der Waals surface area contributed by atoms with Crippen LogP contribution in [0.3, 0.4) is 0 Å². The topological polar surface area (TPSA) is 148 Å². The van der Waals surface area contributed by atoms with E-state index in [2.05, 4.69) is 15.5 Å². The number of hydrogen-bond acceptors (Lipinski definition) is 9. The minimum Gasteiger partial charge on any atom is -0.497 e. The maximum absolute atomic E-state index is 13.7. The SMILES string of the molecule is COc1ccc(S(=O)(=O)N(Cc2ccc(C(=O)NN=C(C)c3ccc(S(=O)(=O)N4CCOCC4)cc3)cc2)Cc2cccnc2)cc1. The number of ether oxygens (including phenoxy) is 2. The van der Waals surface area contributed by atoms with Crippen LogP contribution >= 0.6 is 0 Å². The standard InChI is InChI=1S/C33H35N5O7S2/c1-25(28-9-13-31(14-10-28)46(40,41)37-18-20-45-21-19-37)35-36-33(39)29-7-5-26(6-8-29)23-38(24-27-4-3-17-34-22-27)47(42,43)32-15-11-30(44-2)12-16-32/h3-17,22H,18-21,23-24H2,1-2H3,(H,36,39). The van der Waals surface area contributed by atoms with Gasteiger partial charge in [0.1, 0.15) is 5.75 Å². The molecular formula is C33H35N5O7S2. The van der Waals surface area contributed by atoms with Gasteiger partial charge in [-0.05, 0) is 78.2 Å². The van der Waals surface area contributed by atoms with Crippen molar-refractivity contribution in [3.8, 4) is 5.75 Å². The molecule has 1 N–H and O–H groups in total. The summed E-state index contributed by atoms with van der Waals surface area (Å²) in [4.78, 5) is 17.3. The molecule has 1 fully saturated rings. The minimum atomic E-state index is -3.90. The molecule has 0 radical (unpaired) electrons. The average molecular weight is 678 g/mol. The summed E-state index contributed by atoms with van der Waals surface area (Å²) in [6.45, 7) is 3.20. The Kier molecular flexibility index (Phi) is 10.8. The Balaban J connectivity index is 1.26. The normalized spacial score (nSPS) is 14.6. The summed E-state index contributed by atoms with van der Waals surface area (Å²) >= 11 is 0. The van der Waals surface area contributed by atoms with Crippen molar-refractivity contribution >= 4 is 31.7 Å². The molecule has 12 nitrogen and oxygen atoms in total. The summed E-state index contributed by atoms with van der Waals surface area (Å²) in [5.41, 5.74) is 5.39. The molecule has 0 saturated carbocycles. The van der Waals surface area contributed by atoms with Crippen LogP contribution in [0.2, 0.25) is 0 Å². The lowest BCUT2D eigenvalue weighted by molar-refractivity contribution is 0.0730. The van der Waals surface area contributed by atoms with Gasteiger partial charge < -0.3 is 9.47 Å². The van der Waals surface area contributed by atoms with Crippen LogP contribution in [0.15, 0.2) is 112 Å². The van der Waals surface area contributed by atoms with Crippen LogP contribution in [-0.2, 0) is 37.9 Å². The quantitative estimate of drug-likeness (QED) is 0.177. The lowest BCUT2D eigenvalue weighted by atomic mass is 10.1. The highest BCUT2D eigenvalue weighted by molar-refractivity contribution is 7.89. The number of carbonyl (C=O) groups excluding carboxylic acids is 1. The average Bonchev–Trinajstić information content (AvgIpc) is 3.11. The predicted molar refractivity (Wildman–Crippen MR) is 176 cm³/mol. The van der Waals surface area contributed by atoms with E-state index in [0.29, 0.717) is 54.5 Å². The summed E-state index contributed by atoms with van der Waals surface area (Å²) in [5, 5.41) is 4.19. The highest BCUT2D eigenvalue weighted by Gasteiger charge is 2.27. The van der Waals surface area contributed by atoms with Crippen molar-refractivity contribution in [2.24, 2.45) is 5.10 Å². The molecule has 14 heteroatoms. The maximum atomic E-state index is 13.7. The van der Waals surface area contributed by atoms with Crippen molar-refractivity contribution in [3.05, 3.63) is 120 Å². The van der Waals surface area contributed by atoms with E-state index in [1.807, 2.05) is 0 Å². The fourth-order valence-corrected chi connectivity index (χ4v) is 7.68. The van der Waals surface area contributed by atoms with E-state index in [1.54, 1.807) is 80.0 Å². The van der Waals surface area contributed by atoms with Crippen LogP contribution in [-0.4, -0.2) is 75.5 Å². The molecule has 4 aromatic rings. The fourth-order valence-electron chi connectivity index (χ4n) is 4.85. The van der Waals surface area contributed by atoms with E-state index in [-0.39, 0.29) is 22.9 Å². The molecule has 5 rings (SSSR count). The van der Waals surface area contributed by atoms with Crippen molar-refractivity contribution in [1.82, 2.24) is 19.0 Å². The molecule has 0 bridgehead atoms. The van der Waals surface area contributed by atoms with Crippen LogP contribution < -0.4 is 10.2 Å². The maximum Gasteiger partial charge on any atom is 0.271 e. The van der Waals surface area contributed by atoms with Crippen LogP contribution in [0.4, 0.5) is 0 Å². The first-order chi connectivity index (χ1) is 22.6. The Morgan fingerprint density at radius 3 is 2.11 bits per heavy atom. The number of morpholine rings is 1. The molecule has 3 aromatic carbocycles. The number of amides is 1. The van der Waals surface area contributed by atoms with Gasteiger partial charge in [0.25, 0.3) is 5.91 Å². The van der Waals surface area contributed by atoms with Gasteiger partial charge in [0.15, 0.2) is 0 Å². The number of sulfonamides is 2. The zero-order valence-corrected chi connectivity index (χ0v) is 27.6. The molecule has 1 aliphatic rings. The van der Waals surface area contributed by atoms with Gasteiger partial charge in [-0.2, -0.15) is 13.7 Å². The monoisotopic (exact) mass is 677 g/mol. The number of hydrogen-bond donors (Lipinski definition) is 1. The summed E-state index contributed by atoms with van der Waals surface area (Å²) in [6.07, 6.45) is 3.24. The van der Waals surface area contributed by atoms with Gasteiger partial charge in [-0.3, -0.25) is 9.78 Å². The van der Waals surface area contributed by atoms with E-state index < -0.39 is 26.0 Å². The molecule has 1 saturated heterocycles. The molecule has 0 spiro atoms. The summed E-state index contributed by atoms with van der Waals surface area (Å²) < 4.78 is 66.3. The molecular weight excluding hydrogens is 643 g/mol. The first-order valence-electron chi connectivity index (χ1n) is 14.7. The van der Waals surface area contributed by atoms with Crippen LogP contribution in [0.5, 0.6) is 5.75 Å². The van der Waals surface area contributed by atoms with Crippen molar-refractivity contribution < 1.29 is 31.1 Å². The molecule has 1 amide bonds. The zero-order chi connectivity index (χ0) is 33.4. The van der Waals surface area contributed by atoms with Gasteiger partial charge in [0.05, 0.1) is 35.8 Å². The lowest BCUT2D eigenvalue weighted by Crippen LogP contribution is -2.40. The first-order valence-corrected chi connectivity index (χ1v) is 17.6. The zero-order valence-electron chi connectivity index (χ0n) is 25.9. The van der Waals surface area contributed by atoms with Crippen molar-refractivity contribution in [2.75, 3.05) is 33.4 Å². The van der Waals surface area contributed by atoms with Gasteiger partial charge >= 0.3 is 0 Å². The minimum absolute atomic E-state index is 0.0552. The second kappa shape index (κ2) is 15.0. The summed E-state index contributed by atoms with van der Waals surface area (Å²) in [6, 6.07) is 22.7. The van der Waals surface area contributed by atoms with Gasteiger partial charge in [0, 0.05) is 44.1 Å². The molecule has 246 valence electrons. The highest BCUT2D eigenvalue weighted by atomic mass is 32.2. The Bertz CT molecular complexity index is 1910. The predicted octanol–water partition coefficient (Wildman–Crippen LogP) is 3.66.